The number of hydrogen-bond acceptors (Lipinski definition) is 4. The quantitative estimate of drug-likeness (QED) is 0.784. The van der Waals surface area contributed by atoms with Crippen molar-refractivity contribution in [1.29, 1.82) is 0 Å². The van der Waals surface area contributed by atoms with Crippen LogP contribution < -0.4 is 0 Å². The van der Waals surface area contributed by atoms with Gasteiger partial charge in [-0.3, -0.25) is 4.79 Å². The lowest BCUT2D eigenvalue weighted by Gasteiger charge is -2.31. The van der Waals surface area contributed by atoms with Gasteiger partial charge in [0, 0.05) is 24.2 Å². The van der Waals surface area contributed by atoms with Crippen LogP contribution in [0.15, 0.2) is 18.3 Å². The van der Waals surface area contributed by atoms with E-state index in [4.69, 9.17) is 0 Å². The minimum Gasteiger partial charge on any atom is -0.303 e. The molecule has 1 aliphatic heterocycles. The van der Waals surface area contributed by atoms with Crippen molar-refractivity contribution in [3.8, 4) is 0 Å². The number of aldehydes is 1. The van der Waals surface area contributed by atoms with E-state index in [2.05, 4.69) is 22.0 Å². The Balaban J connectivity index is 1.82. The van der Waals surface area contributed by atoms with Crippen molar-refractivity contribution in [3.63, 3.8) is 0 Å². The number of aromatic nitrogens is 3. The molecule has 19 heavy (non-hydrogen) atoms. The largest absolute Gasteiger partial charge is 0.303 e. The number of likely N-dealkylation sites (N-methyl/N-ethyl adjacent to an activating group) is 1. The van der Waals surface area contributed by atoms with Crippen LogP contribution in [0.2, 0.25) is 0 Å². The van der Waals surface area contributed by atoms with Crippen molar-refractivity contribution >= 4 is 11.9 Å². The van der Waals surface area contributed by atoms with E-state index in [-0.39, 0.29) is 0 Å². The third-order valence-corrected chi connectivity index (χ3v) is 3.88. The van der Waals surface area contributed by atoms with Gasteiger partial charge in [0.05, 0.1) is 0 Å². The van der Waals surface area contributed by atoms with Crippen LogP contribution in [-0.4, -0.2) is 45.4 Å². The number of likely N-dealkylation sites (tertiary alicyclic amines) is 1. The highest BCUT2D eigenvalue weighted by Gasteiger charge is 2.20. The van der Waals surface area contributed by atoms with Crippen LogP contribution in [0.1, 0.15) is 35.4 Å². The van der Waals surface area contributed by atoms with E-state index in [1.54, 1.807) is 22.8 Å². The predicted octanol–water partition coefficient (Wildman–Crippen LogP) is 1.57. The molecule has 1 fully saturated rings. The van der Waals surface area contributed by atoms with Gasteiger partial charge in [-0.2, -0.15) is 5.10 Å². The molecule has 0 aliphatic carbocycles. The summed E-state index contributed by atoms with van der Waals surface area (Å²) in [5, 5.41) is 4.48. The molecule has 2 aromatic heterocycles. The van der Waals surface area contributed by atoms with Gasteiger partial charge in [-0.05, 0) is 38.6 Å². The molecule has 3 rings (SSSR count). The molecule has 2 aromatic rings. The molecule has 0 saturated carbocycles. The van der Waals surface area contributed by atoms with Crippen LogP contribution >= 0.6 is 0 Å². The summed E-state index contributed by atoms with van der Waals surface area (Å²) in [6.07, 6.45) is 7.30. The Morgan fingerprint density at radius 3 is 3.16 bits per heavy atom. The first kappa shape index (κ1) is 12.3. The van der Waals surface area contributed by atoms with Gasteiger partial charge in [0.1, 0.15) is 6.29 Å². The van der Waals surface area contributed by atoms with Gasteiger partial charge in [0.2, 0.25) is 0 Å². The van der Waals surface area contributed by atoms with Crippen LogP contribution in [0.25, 0.3) is 5.65 Å². The summed E-state index contributed by atoms with van der Waals surface area (Å²) in [4.78, 5) is 17.7. The lowest BCUT2D eigenvalue weighted by molar-refractivity contribution is 0.112. The van der Waals surface area contributed by atoms with E-state index in [1.807, 2.05) is 0 Å². The van der Waals surface area contributed by atoms with Gasteiger partial charge in [-0.15, -0.1) is 0 Å². The number of fused-ring (bicyclic) bond motifs is 1. The molecule has 1 unspecified atom stereocenters. The minimum absolute atomic E-state index is 0.539. The average Bonchev–Trinajstić information content (AvgIpc) is 2.82. The molecule has 0 radical (unpaired) electrons. The van der Waals surface area contributed by atoms with Gasteiger partial charge in [0.25, 0.3) is 0 Å². The maximum absolute atomic E-state index is 10.8. The van der Waals surface area contributed by atoms with Crippen LogP contribution in [0.4, 0.5) is 0 Å². The van der Waals surface area contributed by atoms with Gasteiger partial charge < -0.3 is 4.90 Å². The number of nitrogens with zero attached hydrogens (tertiary/aromatic N) is 4. The highest BCUT2D eigenvalue weighted by atomic mass is 16.1. The molecule has 5 heteroatoms. The fraction of sp³-hybridized carbons (Fsp3) is 0.500. The number of rotatable bonds is 3. The summed E-state index contributed by atoms with van der Waals surface area (Å²) in [6, 6.07) is 4.07. The summed E-state index contributed by atoms with van der Waals surface area (Å²) in [5.74, 6) is 0.863. The SMILES string of the molecule is CN1CCCCC1Cc1nc2cc(C=O)ccn2n1. The maximum atomic E-state index is 10.8. The Hall–Kier alpha value is -1.75. The number of carbonyl (C=O) groups is 1. The Kier molecular flexibility index (Phi) is 3.29. The van der Waals surface area contributed by atoms with E-state index >= 15 is 0 Å². The van der Waals surface area contributed by atoms with E-state index in [0.29, 0.717) is 11.6 Å². The van der Waals surface area contributed by atoms with Crippen LogP contribution in [0.5, 0.6) is 0 Å². The average molecular weight is 258 g/mol. The van der Waals surface area contributed by atoms with E-state index < -0.39 is 0 Å². The topological polar surface area (TPSA) is 50.5 Å². The minimum atomic E-state index is 0.539. The normalized spacial score (nSPS) is 20.8. The highest BCUT2D eigenvalue weighted by molar-refractivity contribution is 5.76. The molecule has 0 aromatic carbocycles. The predicted molar refractivity (Wildman–Crippen MR) is 72.3 cm³/mol. The molecule has 100 valence electrons. The van der Waals surface area contributed by atoms with Crippen molar-refractivity contribution in [2.75, 3.05) is 13.6 Å². The van der Waals surface area contributed by atoms with Gasteiger partial charge in [-0.25, -0.2) is 9.50 Å². The third kappa shape index (κ3) is 2.51. The van der Waals surface area contributed by atoms with Gasteiger partial charge in [0.15, 0.2) is 11.5 Å². The summed E-state index contributed by atoms with van der Waals surface area (Å²) < 4.78 is 1.74. The van der Waals surface area contributed by atoms with Crippen molar-refractivity contribution in [3.05, 3.63) is 29.7 Å². The molecule has 1 atom stereocenters. The zero-order valence-electron chi connectivity index (χ0n) is 11.1. The molecule has 5 nitrogen and oxygen atoms in total. The van der Waals surface area contributed by atoms with Crippen LogP contribution in [0, 0.1) is 0 Å². The monoisotopic (exact) mass is 258 g/mol. The highest BCUT2D eigenvalue weighted by Crippen LogP contribution is 2.18. The Bertz CT molecular complexity index is 592. The second-order valence-electron chi connectivity index (χ2n) is 5.24. The van der Waals surface area contributed by atoms with Crippen molar-refractivity contribution in [2.45, 2.75) is 31.7 Å². The third-order valence-electron chi connectivity index (χ3n) is 3.88. The first-order valence-corrected chi connectivity index (χ1v) is 6.77. The zero-order valence-corrected chi connectivity index (χ0v) is 11.1. The number of pyridine rings is 1. The number of carbonyl (C=O) groups excluding carboxylic acids is 1. The summed E-state index contributed by atoms with van der Waals surface area (Å²) in [6.45, 7) is 1.16. The second-order valence-corrected chi connectivity index (χ2v) is 5.24. The number of hydrogen-bond donors (Lipinski definition) is 0. The Morgan fingerprint density at radius 2 is 2.37 bits per heavy atom. The summed E-state index contributed by atoms with van der Waals surface area (Å²) in [5.41, 5.74) is 1.39. The Morgan fingerprint density at radius 1 is 1.47 bits per heavy atom. The summed E-state index contributed by atoms with van der Waals surface area (Å²) >= 11 is 0. The van der Waals surface area contributed by atoms with Gasteiger partial charge in [-0.1, -0.05) is 6.42 Å². The van der Waals surface area contributed by atoms with Gasteiger partial charge >= 0.3 is 0 Å². The first-order chi connectivity index (χ1) is 9.26. The maximum Gasteiger partial charge on any atom is 0.156 e. The fourth-order valence-corrected chi connectivity index (χ4v) is 2.72. The summed E-state index contributed by atoms with van der Waals surface area (Å²) in [7, 11) is 2.17. The van der Waals surface area contributed by atoms with Crippen molar-refractivity contribution < 1.29 is 4.79 Å². The molecule has 1 aliphatic rings. The Labute approximate surface area is 112 Å². The lowest BCUT2D eigenvalue weighted by atomic mass is 10.00. The second kappa shape index (κ2) is 5.09. The zero-order chi connectivity index (χ0) is 13.2. The molecular formula is C14H18N4O. The van der Waals surface area contributed by atoms with E-state index in [0.717, 1.165) is 30.7 Å². The standard InChI is InChI=1S/C14H18N4O/c1-17-6-3-2-4-12(17)9-13-15-14-8-11(10-19)5-7-18(14)16-13/h5,7-8,10,12H,2-4,6,9H2,1H3. The molecule has 0 amide bonds. The van der Waals surface area contributed by atoms with Crippen molar-refractivity contribution in [1.82, 2.24) is 19.5 Å². The van der Waals surface area contributed by atoms with E-state index in [1.165, 1.54) is 19.3 Å². The van der Waals surface area contributed by atoms with E-state index in [9.17, 15) is 4.79 Å². The first-order valence-electron chi connectivity index (χ1n) is 6.77. The molecule has 0 N–H and O–H groups in total. The molecule has 1 saturated heterocycles. The lowest BCUT2D eigenvalue weighted by Crippen LogP contribution is -2.37. The number of piperidine rings is 1. The van der Waals surface area contributed by atoms with Crippen LogP contribution in [0.3, 0.4) is 0 Å². The molecular weight excluding hydrogens is 240 g/mol. The molecule has 0 bridgehead atoms. The van der Waals surface area contributed by atoms with Crippen molar-refractivity contribution in [2.24, 2.45) is 0 Å². The van der Waals surface area contributed by atoms with Crippen LogP contribution in [-0.2, 0) is 6.42 Å². The molecule has 3 heterocycles. The smallest absolute Gasteiger partial charge is 0.156 e. The molecule has 0 spiro atoms. The fourth-order valence-electron chi connectivity index (χ4n) is 2.72.